The van der Waals surface area contributed by atoms with E-state index in [0.29, 0.717) is 33.5 Å². The zero-order chi connectivity index (χ0) is 28.7. The first-order valence-corrected chi connectivity index (χ1v) is 15.3. The van der Waals surface area contributed by atoms with Crippen LogP contribution in [0.4, 0.5) is 5.69 Å². The average molecular weight is 601 g/mol. The first-order chi connectivity index (χ1) is 18.5. The topological polar surface area (TPSA) is 105 Å². The number of amides is 2. The predicted molar refractivity (Wildman–Crippen MR) is 153 cm³/mol. The zero-order valence-corrected chi connectivity index (χ0v) is 24.9. The average Bonchev–Trinajstić information content (AvgIpc) is 3.41. The Balaban J connectivity index is 1.97. The first-order valence-electron chi connectivity index (χ1n) is 12.7. The van der Waals surface area contributed by atoms with E-state index in [1.54, 1.807) is 24.3 Å². The Morgan fingerprint density at radius 3 is 2.26 bits per heavy atom. The molecule has 214 valence electrons. The van der Waals surface area contributed by atoms with E-state index in [9.17, 15) is 18.0 Å². The van der Waals surface area contributed by atoms with Crippen LogP contribution < -0.4 is 19.1 Å². The Bertz CT molecular complexity index is 1280. The summed E-state index contributed by atoms with van der Waals surface area (Å²) in [6.07, 6.45) is 5.23. The number of carbonyl (C=O) groups is 2. The van der Waals surface area contributed by atoms with Gasteiger partial charge in [0.2, 0.25) is 21.8 Å². The van der Waals surface area contributed by atoms with Gasteiger partial charge in [0.15, 0.2) is 11.5 Å². The van der Waals surface area contributed by atoms with Crippen molar-refractivity contribution < 1.29 is 27.5 Å². The number of nitrogens with zero attached hydrogens (tertiary/aromatic N) is 2. The minimum absolute atomic E-state index is 0.0376. The lowest BCUT2D eigenvalue weighted by atomic mass is 10.1. The van der Waals surface area contributed by atoms with Crippen molar-refractivity contribution in [1.82, 2.24) is 10.2 Å². The maximum absolute atomic E-state index is 13.9. The Kier molecular flexibility index (Phi) is 10.7. The van der Waals surface area contributed by atoms with E-state index in [4.69, 9.17) is 32.7 Å². The fourth-order valence-corrected chi connectivity index (χ4v) is 5.88. The lowest BCUT2D eigenvalue weighted by Gasteiger charge is -2.33. The number of carbonyl (C=O) groups excluding carboxylic acids is 2. The van der Waals surface area contributed by atoms with Gasteiger partial charge in [-0.1, -0.05) is 49.0 Å². The van der Waals surface area contributed by atoms with E-state index in [0.717, 1.165) is 36.2 Å². The molecule has 2 aromatic carbocycles. The molecular formula is C27H35Cl2N3O6S. The van der Waals surface area contributed by atoms with E-state index < -0.39 is 28.5 Å². The molecule has 39 heavy (non-hydrogen) atoms. The molecule has 0 unspecified atom stereocenters. The number of anilines is 1. The molecule has 1 saturated carbocycles. The molecule has 12 heteroatoms. The fraction of sp³-hybridized carbons (Fsp3) is 0.481. The van der Waals surface area contributed by atoms with Crippen LogP contribution in [-0.2, 0) is 26.2 Å². The van der Waals surface area contributed by atoms with Crippen LogP contribution in [0.2, 0.25) is 10.0 Å². The number of sulfonamides is 1. The molecule has 1 atom stereocenters. The van der Waals surface area contributed by atoms with Gasteiger partial charge in [-0.2, -0.15) is 0 Å². The van der Waals surface area contributed by atoms with Gasteiger partial charge in [0.25, 0.3) is 0 Å². The molecule has 1 aliphatic carbocycles. The lowest BCUT2D eigenvalue weighted by molar-refractivity contribution is -0.140. The van der Waals surface area contributed by atoms with Gasteiger partial charge < -0.3 is 19.7 Å². The molecule has 1 aliphatic rings. The number of benzene rings is 2. The molecule has 0 aromatic heterocycles. The van der Waals surface area contributed by atoms with E-state index in [1.165, 1.54) is 31.3 Å². The third-order valence-electron chi connectivity index (χ3n) is 6.76. The molecule has 1 fully saturated rings. The van der Waals surface area contributed by atoms with Crippen LogP contribution >= 0.6 is 23.2 Å². The number of hydrogen-bond acceptors (Lipinski definition) is 6. The van der Waals surface area contributed by atoms with Crippen molar-refractivity contribution in [2.75, 3.05) is 31.3 Å². The summed E-state index contributed by atoms with van der Waals surface area (Å²) in [6, 6.07) is 8.80. The summed E-state index contributed by atoms with van der Waals surface area (Å²) in [5, 5.41) is 3.75. The molecule has 3 rings (SSSR count). The molecule has 2 amide bonds. The van der Waals surface area contributed by atoms with Gasteiger partial charge in [-0.25, -0.2) is 8.42 Å². The molecule has 1 N–H and O–H groups in total. The van der Waals surface area contributed by atoms with Crippen molar-refractivity contribution in [2.24, 2.45) is 0 Å². The van der Waals surface area contributed by atoms with Crippen molar-refractivity contribution in [3.8, 4) is 11.5 Å². The largest absolute Gasteiger partial charge is 0.493 e. The number of hydrogen-bond donors (Lipinski definition) is 1. The Morgan fingerprint density at radius 2 is 1.69 bits per heavy atom. The summed E-state index contributed by atoms with van der Waals surface area (Å²) >= 11 is 12.3. The summed E-state index contributed by atoms with van der Waals surface area (Å²) < 4.78 is 37.3. The van der Waals surface area contributed by atoms with Crippen molar-refractivity contribution in [3.05, 3.63) is 52.0 Å². The van der Waals surface area contributed by atoms with Gasteiger partial charge in [-0.05, 0) is 49.1 Å². The summed E-state index contributed by atoms with van der Waals surface area (Å²) in [5.74, 6) is -0.0902. The van der Waals surface area contributed by atoms with E-state index in [-0.39, 0.29) is 24.2 Å². The second kappa shape index (κ2) is 13.6. The Labute approximate surface area is 240 Å². The predicted octanol–water partition coefficient (Wildman–Crippen LogP) is 4.64. The smallest absolute Gasteiger partial charge is 0.244 e. The molecule has 0 bridgehead atoms. The maximum atomic E-state index is 13.9. The maximum Gasteiger partial charge on any atom is 0.244 e. The molecule has 0 saturated heterocycles. The fourth-order valence-electron chi connectivity index (χ4n) is 4.72. The van der Waals surface area contributed by atoms with Crippen LogP contribution in [0, 0.1) is 0 Å². The summed E-state index contributed by atoms with van der Waals surface area (Å²) in [4.78, 5) is 28.7. The highest BCUT2D eigenvalue weighted by atomic mass is 35.5. The van der Waals surface area contributed by atoms with Crippen LogP contribution in [0.25, 0.3) is 0 Å². The summed E-state index contributed by atoms with van der Waals surface area (Å²) in [7, 11) is -0.991. The van der Waals surface area contributed by atoms with Crippen LogP contribution in [0.5, 0.6) is 11.5 Å². The summed E-state index contributed by atoms with van der Waals surface area (Å²) in [5.41, 5.74) is 0.878. The SMILES string of the molecule is CC[C@@H](C(=O)NC1CCCC1)N(Cc1ccc(Cl)c(Cl)c1)C(=O)CN(c1ccc(OC)c(OC)c1)S(C)(=O)=O. The monoisotopic (exact) mass is 599 g/mol. The van der Waals surface area contributed by atoms with Crippen molar-refractivity contribution in [1.29, 1.82) is 0 Å². The lowest BCUT2D eigenvalue weighted by Crippen LogP contribution is -2.53. The van der Waals surface area contributed by atoms with Crippen molar-refractivity contribution in [3.63, 3.8) is 0 Å². The van der Waals surface area contributed by atoms with Gasteiger partial charge in [-0.3, -0.25) is 13.9 Å². The zero-order valence-electron chi connectivity index (χ0n) is 22.6. The van der Waals surface area contributed by atoms with Crippen molar-refractivity contribution >= 4 is 50.7 Å². The minimum Gasteiger partial charge on any atom is -0.493 e. The van der Waals surface area contributed by atoms with E-state index in [1.807, 2.05) is 6.92 Å². The van der Waals surface area contributed by atoms with Crippen LogP contribution in [0.3, 0.4) is 0 Å². The summed E-state index contributed by atoms with van der Waals surface area (Å²) in [6.45, 7) is 1.33. The third-order valence-corrected chi connectivity index (χ3v) is 8.64. The standard InChI is InChI=1S/C27H35Cl2N3O6S/c1-5-23(27(34)30-19-8-6-7-9-19)31(16-18-10-12-21(28)22(29)14-18)26(33)17-32(39(4,35)36)20-11-13-24(37-2)25(15-20)38-3/h10-15,19,23H,5-9,16-17H2,1-4H3,(H,30,34)/t23-/m0/s1. The molecule has 0 radical (unpaired) electrons. The number of nitrogens with one attached hydrogen (secondary N) is 1. The number of ether oxygens (including phenoxy) is 2. The third kappa shape index (κ3) is 7.93. The highest BCUT2D eigenvalue weighted by Gasteiger charge is 2.33. The van der Waals surface area contributed by atoms with E-state index in [2.05, 4.69) is 5.32 Å². The highest BCUT2D eigenvalue weighted by molar-refractivity contribution is 7.92. The number of halogens is 2. The van der Waals surface area contributed by atoms with Crippen molar-refractivity contribution in [2.45, 2.75) is 57.7 Å². The second-order valence-electron chi connectivity index (χ2n) is 9.49. The van der Waals surface area contributed by atoms with Crippen LogP contribution in [-0.4, -0.2) is 64.2 Å². The van der Waals surface area contributed by atoms with Gasteiger partial charge >= 0.3 is 0 Å². The number of methoxy groups -OCH3 is 2. The Morgan fingerprint density at radius 1 is 1.03 bits per heavy atom. The first kappa shape index (κ1) is 30.8. The molecule has 0 spiro atoms. The molecule has 0 heterocycles. The van der Waals surface area contributed by atoms with Gasteiger partial charge in [-0.15, -0.1) is 0 Å². The Hall–Kier alpha value is -2.69. The minimum atomic E-state index is -3.90. The molecule has 9 nitrogen and oxygen atoms in total. The van der Waals surface area contributed by atoms with Crippen LogP contribution in [0.15, 0.2) is 36.4 Å². The quantitative estimate of drug-likeness (QED) is 0.381. The van der Waals surface area contributed by atoms with Gasteiger partial charge in [0.05, 0.1) is 36.2 Å². The van der Waals surface area contributed by atoms with Crippen LogP contribution in [0.1, 0.15) is 44.6 Å². The van der Waals surface area contributed by atoms with Gasteiger partial charge in [0, 0.05) is 18.7 Å². The van der Waals surface area contributed by atoms with E-state index >= 15 is 0 Å². The highest BCUT2D eigenvalue weighted by Crippen LogP contribution is 2.33. The number of rotatable bonds is 12. The second-order valence-corrected chi connectivity index (χ2v) is 12.2. The van der Waals surface area contributed by atoms with Gasteiger partial charge in [0.1, 0.15) is 12.6 Å². The molecular weight excluding hydrogens is 565 g/mol. The normalized spacial score (nSPS) is 14.5. The molecule has 2 aromatic rings. The molecule has 0 aliphatic heterocycles.